The normalized spacial score (nSPS) is 15.1. The third-order valence-corrected chi connectivity index (χ3v) is 6.91. The molecule has 0 saturated carbocycles. The number of nitrogens with one attached hydrogen (secondary N) is 1. The Balaban J connectivity index is 1.78. The van der Waals surface area contributed by atoms with Crippen LogP contribution in [0.2, 0.25) is 0 Å². The van der Waals surface area contributed by atoms with Crippen LogP contribution in [-0.2, 0) is 16.6 Å². The van der Waals surface area contributed by atoms with Gasteiger partial charge in [-0.25, -0.2) is 13.4 Å². The topological polar surface area (TPSA) is 93.5 Å². The lowest BCUT2D eigenvalue weighted by atomic mass is 10.2. The third kappa shape index (κ3) is 3.94. The molecule has 1 aliphatic rings. The van der Waals surface area contributed by atoms with E-state index in [2.05, 4.69) is 10.3 Å². The van der Waals surface area contributed by atoms with E-state index >= 15 is 0 Å². The van der Waals surface area contributed by atoms with Crippen molar-refractivity contribution >= 4 is 21.6 Å². The number of amides is 1. The fraction of sp³-hybridized carbons (Fsp3) is 0.273. The van der Waals surface area contributed by atoms with Gasteiger partial charge in [0.2, 0.25) is 10.0 Å². The van der Waals surface area contributed by atoms with Crippen LogP contribution in [0.3, 0.4) is 0 Å². The maximum Gasteiger partial charge on any atom is 0.276 e. The molecule has 4 rings (SSSR count). The number of benzene rings is 2. The van der Waals surface area contributed by atoms with Gasteiger partial charge >= 0.3 is 0 Å². The SMILES string of the molecule is COc1cccc(NC(=O)c2ncn3c2CN(CC(C)C)S(=O)(=O)c2ccccc2-3)c1. The van der Waals surface area contributed by atoms with Crippen LogP contribution >= 0.6 is 0 Å². The second-order valence-corrected chi connectivity index (χ2v) is 9.66. The molecule has 8 nitrogen and oxygen atoms in total. The molecule has 0 bridgehead atoms. The van der Waals surface area contributed by atoms with Crippen LogP contribution < -0.4 is 10.1 Å². The standard InChI is InChI=1S/C22H24N4O4S/c1-15(2)12-25-13-19-21(22(27)24-16-7-6-8-17(11-16)30-3)23-14-26(19)18-9-4-5-10-20(18)31(25,28)29/h4-11,14-15H,12-13H2,1-3H3,(H,24,27). The van der Waals surface area contributed by atoms with Crippen molar-refractivity contribution in [1.82, 2.24) is 13.9 Å². The number of hydrogen-bond donors (Lipinski definition) is 1. The molecule has 2 heterocycles. The molecule has 0 fully saturated rings. The first-order valence-electron chi connectivity index (χ1n) is 9.92. The molecule has 0 unspecified atom stereocenters. The molecule has 0 saturated heterocycles. The number of anilines is 1. The highest BCUT2D eigenvalue weighted by atomic mass is 32.2. The number of aromatic nitrogens is 2. The molecule has 9 heteroatoms. The molecule has 0 spiro atoms. The molecule has 1 aromatic heterocycles. The quantitative estimate of drug-likeness (QED) is 0.657. The highest BCUT2D eigenvalue weighted by molar-refractivity contribution is 7.89. The number of imidazole rings is 1. The van der Waals surface area contributed by atoms with Gasteiger partial charge in [0.05, 0.1) is 25.0 Å². The minimum absolute atomic E-state index is 0.0516. The van der Waals surface area contributed by atoms with Gasteiger partial charge in [0.1, 0.15) is 17.0 Å². The van der Waals surface area contributed by atoms with Gasteiger partial charge in [0.25, 0.3) is 5.91 Å². The predicted molar refractivity (Wildman–Crippen MR) is 117 cm³/mol. The van der Waals surface area contributed by atoms with Gasteiger partial charge < -0.3 is 10.1 Å². The number of nitrogens with zero attached hydrogens (tertiary/aromatic N) is 3. The van der Waals surface area contributed by atoms with E-state index < -0.39 is 15.9 Å². The predicted octanol–water partition coefficient (Wildman–Crippen LogP) is 3.29. The second kappa shape index (κ2) is 8.16. The first-order chi connectivity index (χ1) is 14.8. The van der Waals surface area contributed by atoms with Crippen molar-refractivity contribution < 1.29 is 17.9 Å². The molecule has 1 N–H and O–H groups in total. The lowest BCUT2D eigenvalue weighted by molar-refractivity contribution is 0.102. The summed E-state index contributed by atoms with van der Waals surface area (Å²) in [6.07, 6.45) is 1.50. The highest BCUT2D eigenvalue weighted by Gasteiger charge is 2.35. The lowest BCUT2D eigenvalue weighted by Crippen LogP contribution is -2.33. The van der Waals surface area contributed by atoms with E-state index in [-0.39, 0.29) is 23.1 Å². The van der Waals surface area contributed by atoms with Gasteiger partial charge in [-0.1, -0.05) is 32.0 Å². The van der Waals surface area contributed by atoms with Crippen molar-refractivity contribution in [2.75, 3.05) is 19.0 Å². The van der Waals surface area contributed by atoms with E-state index in [0.717, 1.165) is 0 Å². The molecule has 0 aliphatic carbocycles. The zero-order valence-corrected chi connectivity index (χ0v) is 18.4. The van der Waals surface area contributed by atoms with Crippen LogP contribution in [0, 0.1) is 5.92 Å². The smallest absolute Gasteiger partial charge is 0.276 e. The number of carbonyl (C=O) groups excluding carboxylic acids is 1. The minimum Gasteiger partial charge on any atom is -0.497 e. The Bertz CT molecular complexity index is 1230. The fourth-order valence-electron chi connectivity index (χ4n) is 3.65. The molecule has 31 heavy (non-hydrogen) atoms. The maximum absolute atomic E-state index is 13.3. The Morgan fingerprint density at radius 3 is 2.71 bits per heavy atom. The Labute approximate surface area is 181 Å². The minimum atomic E-state index is -3.73. The van der Waals surface area contributed by atoms with Gasteiger partial charge in [-0.3, -0.25) is 9.36 Å². The Morgan fingerprint density at radius 1 is 1.19 bits per heavy atom. The number of carbonyl (C=O) groups is 1. The fourth-order valence-corrected chi connectivity index (χ4v) is 5.39. The number of rotatable bonds is 5. The van der Waals surface area contributed by atoms with E-state index in [0.29, 0.717) is 29.4 Å². The Morgan fingerprint density at radius 2 is 1.97 bits per heavy atom. The zero-order valence-electron chi connectivity index (χ0n) is 17.6. The summed E-state index contributed by atoms with van der Waals surface area (Å²) < 4.78 is 35.0. The Kier molecular flexibility index (Phi) is 5.55. The molecule has 3 aromatic rings. The van der Waals surface area contributed by atoms with Crippen LogP contribution in [0.1, 0.15) is 30.0 Å². The second-order valence-electron chi connectivity index (χ2n) is 7.76. The molecule has 1 amide bonds. The van der Waals surface area contributed by atoms with Gasteiger partial charge in [0.15, 0.2) is 5.69 Å². The van der Waals surface area contributed by atoms with Crippen LogP contribution in [0.5, 0.6) is 5.75 Å². The van der Waals surface area contributed by atoms with Crippen LogP contribution in [0.15, 0.2) is 59.8 Å². The molecule has 1 aliphatic heterocycles. The van der Waals surface area contributed by atoms with Crippen molar-refractivity contribution in [3.05, 3.63) is 66.2 Å². The van der Waals surface area contributed by atoms with E-state index in [1.807, 2.05) is 13.8 Å². The summed E-state index contributed by atoms with van der Waals surface area (Å²) in [6.45, 7) is 4.30. The number of para-hydroxylation sites is 1. The van der Waals surface area contributed by atoms with Crippen molar-refractivity contribution in [3.8, 4) is 11.4 Å². The lowest BCUT2D eigenvalue weighted by Gasteiger charge is -2.22. The summed E-state index contributed by atoms with van der Waals surface area (Å²) in [7, 11) is -2.17. The third-order valence-electron chi connectivity index (χ3n) is 5.05. The number of methoxy groups -OCH3 is 1. The summed E-state index contributed by atoms with van der Waals surface area (Å²) in [5.74, 6) is 0.318. The molecular weight excluding hydrogens is 416 g/mol. The van der Waals surface area contributed by atoms with E-state index in [4.69, 9.17) is 4.74 Å². The average molecular weight is 441 g/mol. The summed E-state index contributed by atoms with van der Waals surface area (Å²) in [5.41, 5.74) is 1.75. The number of fused-ring (bicyclic) bond motifs is 3. The van der Waals surface area contributed by atoms with E-state index in [1.54, 1.807) is 60.2 Å². The monoisotopic (exact) mass is 440 g/mol. The summed E-state index contributed by atoms with van der Waals surface area (Å²) in [6, 6.07) is 13.8. The van der Waals surface area contributed by atoms with Crippen molar-refractivity contribution in [1.29, 1.82) is 0 Å². The van der Waals surface area contributed by atoms with Crippen LogP contribution in [-0.4, -0.2) is 41.8 Å². The molecule has 162 valence electrons. The summed E-state index contributed by atoms with van der Waals surface area (Å²) in [4.78, 5) is 17.6. The largest absolute Gasteiger partial charge is 0.497 e. The van der Waals surface area contributed by atoms with Crippen LogP contribution in [0.25, 0.3) is 5.69 Å². The van der Waals surface area contributed by atoms with Gasteiger partial charge in [0, 0.05) is 18.3 Å². The molecule has 0 atom stereocenters. The highest BCUT2D eigenvalue weighted by Crippen LogP contribution is 2.32. The zero-order chi connectivity index (χ0) is 22.2. The summed E-state index contributed by atoms with van der Waals surface area (Å²) >= 11 is 0. The molecule has 0 radical (unpaired) electrons. The first-order valence-corrected chi connectivity index (χ1v) is 11.4. The maximum atomic E-state index is 13.3. The van der Waals surface area contributed by atoms with E-state index in [9.17, 15) is 13.2 Å². The van der Waals surface area contributed by atoms with Crippen molar-refractivity contribution in [2.45, 2.75) is 25.3 Å². The average Bonchev–Trinajstić information content (AvgIpc) is 3.13. The van der Waals surface area contributed by atoms with Gasteiger partial charge in [-0.05, 0) is 30.2 Å². The molecule has 2 aromatic carbocycles. The van der Waals surface area contributed by atoms with Gasteiger partial charge in [-0.2, -0.15) is 4.31 Å². The number of hydrogen-bond acceptors (Lipinski definition) is 5. The van der Waals surface area contributed by atoms with Crippen molar-refractivity contribution in [2.24, 2.45) is 5.92 Å². The first kappa shape index (κ1) is 21.1. The van der Waals surface area contributed by atoms with E-state index in [1.165, 1.54) is 10.6 Å². The van der Waals surface area contributed by atoms with Gasteiger partial charge in [-0.15, -0.1) is 0 Å². The number of ether oxygens (including phenoxy) is 1. The summed E-state index contributed by atoms with van der Waals surface area (Å²) in [5, 5.41) is 2.83. The molecular formula is C22H24N4O4S. The Hall–Kier alpha value is -3.17. The van der Waals surface area contributed by atoms with Crippen molar-refractivity contribution in [3.63, 3.8) is 0 Å². The number of sulfonamides is 1. The van der Waals surface area contributed by atoms with Crippen LogP contribution in [0.4, 0.5) is 5.69 Å².